The minimum Gasteiger partial charge on any atom is -0.497 e. The second-order valence-corrected chi connectivity index (χ2v) is 5.63. The van der Waals surface area contributed by atoms with Crippen LogP contribution in [-0.2, 0) is 13.6 Å². The number of ether oxygens (including phenoxy) is 1. The van der Waals surface area contributed by atoms with Crippen LogP contribution in [0.4, 0.5) is 11.8 Å². The summed E-state index contributed by atoms with van der Waals surface area (Å²) in [6.07, 6.45) is 0. The maximum absolute atomic E-state index is 5.19. The first-order valence-electron chi connectivity index (χ1n) is 8.35. The van der Waals surface area contributed by atoms with Crippen LogP contribution in [0.5, 0.6) is 5.75 Å². The molecule has 0 saturated carbocycles. The predicted molar refractivity (Wildman–Crippen MR) is 98.0 cm³/mol. The van der Waals surface area contributed by atoms with Crippen molar-refractivity contribution in [2.75, 3.05) is 30.4 Å². The van der Waals surface area contributed by atoms with E-state index in [9.17, 15) is 0 Å². The van der Waals surface area contributed by atoms with Crippen molar-refractivity contribution < 1.29 is 4.74 Å². The minimum absolute atomic E-state index is 0.629. The standard InChI is InChI=1S/C17H23N7O/c1-5-24(6-2)17-19-15(14-16(20-17)23(3)22-21-14)18-11-12-7-9-13(25-4)10-8-12/h7-10H,5-6,11H2,1-4H3,(H,18,19,20). The monoisotopic (exact) mass is 341 g/mol. The average Bonchev–Trinajstić information content (AvgIpc) is 3.02. The third-order valence-electron chi connectivity index (χ3n) is 4.10. The summed E-state index contributed by atoms with van der Waals surface area (Å²) in [5.74, 6) is 2.21. The molecule has 0 bridgehead atoms. The highest BCUT2D eigenvalue weighted by atomic mass is 16.5. The number of benzene rings is 1. The van der Waals surface area contributed by atoms with E-state index in [0.717, 1.165) is 24.4 Å². The zero-order valence-corrected chi connectivity index (χ0v) is 15.0. The molecule has 8 nitrogen and oxygen atoms in total. The van der Waals surface area contributed by atoms with Crippen LogP contribution in [0.2, 0.25) is 0 Å². The van der Waals surface area contributed by atoms with Crippen molar-refractivity contribution in [3.8, 4) is 5.75 Å². The molecule has 0 aliphatic heterocycles. The number of methoxy groups -OCH3 is 1. The maximum Gasteiger partial charge on any atom is 0.229 e. The number of anilines is 2. The van der Waals surface area contributed by atoms with Gasteiger partial charge in [0, 0.05) is 26.7 Å². The topological polar surface area (TPSA) is 81.0 Å². The van der Waals surface area contributed by atoms with Crippen molar-refractivity contribution in [2.24, 2.45) is 7.05 Å². The number of nitrogens with one attached hydrogen (secondary N) is 1. The Morgan fingerprint density at radius 3 is 2.48 bits per heavy atom. The second-order valence-electron chi connectivity index (χ2n) is 5.63. The van der Waals surface area contributed by atoms with Crippen molar-refractivity contribution in [3.63, 3.8) is 0 Å². The molecule has 0 amide bonds. The summed E-state index contributed by atoms with van der Waals surface area (Å²) in [5.41, 5.74) is 2.52. The number of hydrogen-bond acceptors (Lipinski definition) is 7. The Balaban J connectivity index is 1.90. The highest BCUT2D eigenvalue weighted by Crippen LogP contribution is 2.22. The molecule has 0 fully saturated rings. The molecule has 0 aliphatic rings. The summed E-state index contributed by atoms with van der Waals surface area (Å²) in [6, 6.07) is 7.92. The van der Waals surface area contributed by atoms with Gasteiger partial charge >= 0.3 is 0 Å². The lowest BCUT2D eigenvalue weighted by Gasteiger charge is -2.19. The van der Waals surface area contributed by atoms with Crippen LogP contribution >= 0.6 is 0 Å². The summed E-state index contributed by atoms with van der Waals surface area (Å²) in [7, 11) is 3.50. The van der Waals surface area contributed by atoms with Gasteiger partial charge in [-0.15, -0.1) is 5.10 Å². The summed E-state index contributed by atoms with van der Waals surface area (Å²) in [5, 5.41) is 11.6. The molecule has 8 heteroatoms. The third kappa shape index (κ3) is 3.47. The predicted octanol–water partition coefficient (Wildman–Crippen LogP) is 2.23. The smallest absolute Gasteiger partial charge is 0.229 e. The number of aryl methyl sites for hydroxylation is 1. The SMILES string of the molecule is CCN(CC)c1nc(NCc2ccc(OC)cc2)c2nnn(C)c2n1. The van der Waals surface area contributed by atoms with Gasteiger partial charge in [0.2, 0.25) is 5.95 Å². The first-order valence-corrected chi connectivity index (χ1v) is 8.35. The Kier molecular flexibility index (Phi) is 4.97. The van der Waals surface area contributed by atoms with Gasteiger partial charge in [0.1, 0.15) is 5.75 Å². The average molecular weight is 341 g/mol. The molecule has 3 aromatic rings. The first-order chi connectivity index (χ1) is 12.2. The number of rotatable bonds is 7. The fraction of sp³-hybridized carbons (Fsp3) is 0.412. The Morgan fingerprint density at radius 2 is 1.84 bits per heavy atom. The third-order valence-corrected chi connectivity index (χ3v) is 4.10. The summed E-state index contributed by atoms with van der Waals surface area (Å²) >= 11 is 0. The normalized spacial score (nSPS) is 10.9. The summed E-state index contributed by atoms with van der Waals surface area (Å²) < 4.78 is 6.86. The van der Waals surface area contributed by atoms with Crippen LogP contribution in [-0.4, -0.2) is 45.2 Å². The Hall–Kier alpha value is -2.90. The van der Waals surface area contributed by atoms with E-state index in [-0.39, 0.29) is 0 Å². The fourth-order valence-electron chi connectivity index (χ4n) is 2.60. The Morgan fingerprint density at radius 1 is 1.12 bits per heavy atom. The zero-order valence-electron chi connectivity index (χ0n) is 15.0. The zero-order chi connectivity index (χ0) is 17.8. The van der Waals surface area contributed by atoms with Gasteiger partial charge in [-0.1, -0.05) is 17.3 Å². The van der Waals surface area contributed by atoms with E-state index in [2.05, 4.69) is 44.3 Å². The Bertz CT molecular complexity index is 840. The quantitative estimate of drug-likeness (QED) is 0.705. The molecule has 1 N–H and O–H groups in total. The molecule has 2 heterocycles. The number of hydrogen-bond donors (Lipinski definition) is 1. The summed E-state index contributed by atoms with van der Waals surface area (Å²) in [6.45, 7) is 6.48. The molecule has 0 spiro atoms. The first kappa shape index (κ1) is 16.9. The fourth-order valence-corrected chi connectivity index (χ4v) is 2.60. The molecule has 0 aliphatic carbocycles. The van der Waals surface area contributed by atoms with Crippen LogP contribution in [0.25, 0.3) is 11.2 Å². The summed E-state index contributed by atoms with van der Waals surface area (Å²) in [4.78, 5) is 11.4. The lowest BCUT2D eigenvalue weighted by Crippen LogP contribution is -2.24. The molecule has 0 unspecified atom stereocenters. The molecule has 0 radical (unpaired) electrons. The highest BCUT2D eigenvalue weighted by molar-refractivity contribution is 5.83. The van der Waals surface area contributed by atoms with Crippen molar-refractivity contribution in [1.82, 2.24) is 25.0 Å². The van der Waals surface area contributed by atoms with Gasteiger partial charge < -0.3 is 15.0 Å². The van der Waals surface area contributed by atoms with Gasteiger partial charge in [-0.25, -0.2) is 4.68 Å². The van der Waals surface area contributed by atoms with Gasteiger partial charge in [-0.2, -0.15) is 9.97 Å². The number of nitrogens with zero attached hydrogens (tertiary/aromatic N) is 6. The van der Waals surface area contributed by atoms with Crippen molar-refractivity contribution in [1.29, 1.82) is 0 Å². The molecule has 25 heavy (non-hydrogen) atoms. The second kappa shape index (κ2) is 7.33. The molecular formula is C17H23N7O. The van der Waals surface area contributed by atoms with Gasteiger partial charge in [0.25, 0.3) is 0 Å². The molecule has 2 aromatic heterocycles. The van der Waals surface area contributed by atoms with Crippen molar-refractivity contribution in [3.05, 3.63) is 29.8 Å². The molecular weight excluding hydrogens is 318 g/mol. The molecule has 0 saturated heterocycles. The van der Waals surface area contributed by atoms with Crippen LogP contribution in [0, 0.1) is 0 Å². The molecule has 3 rings (SSSR count). The Labute approximate surface area is 146 Å². The van der Waals surface area contributed by atoms with Gasteiger partial charge in [0.05, 0.1) is 7.11 Å². The largest absolute Gasteiger partial charge is 0.497 e. The van der Waals surface area contributed by atoms with Crippen LogP contribution < -0.4 is 15.0 Å². The number of aromatic nitrogens is 5. The minimum atomic E-state index is 0.629. The van der Waals surface area contributed by atoms with E-state index in [1.807, 2.05) is 31.3 Å². The van der Waals surface area contributed by atoms with Crippen molar-refractivity contribution in [2.45, 2.75) is 20.4 Å². The van der Waals surface area contributed by atoms with Gasteiger partial charge in [0.15, 0.2) is 17.0 Å². The number of fused-ring (bicyclic) bond motifs is 1. The van der Waals surface area contributed by atoms with Crippen LogP contribution in [0.15, 0.2) is 24.3 Å². The van der Waals surface area contributed by atoms with E-state index in [4.69, 9.17) is 4.74 Å². The molecule has 0 atom stereocenters. The van der Waals surface area contributed by atoms with Crippen LogP contribution in [0.3, 0.4) is 0 Å². The molecule has 1 aromatic carbocycles. The van der Waals surface area contributed by atoms with Crippen LogP contribution in [0.1, 0.15) is 19.4 Å². The lowest BCUT2D eigenvalue weighted by atomic mass is 10.2. The maximum atomic E-state index is 5.19. The highest BCUT2D eigenvalue weighted by Gasteiger charge is 2.15. The van der Waals surface area contributed by atoms with E-state index < -0.39 is 0 Å². The van der Waals surface area contributed by atoms with Crippen molar-refractivity contribution >= 4 is 22.9 Å². The van der Waals surface area contributed by atoms with Gasteiger partial charge in [-0.3, -0.25) is 0 Å². The van der Waals surface area contributed by atoms with E-state index in [1.54, 1.807) is 11.8 Å². The van der Waals surface area contributed by atoms with E-state index in [1.165, 1.54) is 0 Å². The van der Waals surface area contributed by atoms with E-state index >= 15 is 0 Å². The van der Waals surface area contributed by atoms with E-state index in [0.29, 0.717) is 29.5 Å². The lowest BCUT2D eigenvalue weighted by molar-refractivity contribution is 0.414. The van der Waals surface area contributed by atoms with Gasteiger partial charge in [-0.05, 0) is 31.5 Å². The molecule has 132 valence electrons.